The molecule has 0 spiro atoms. The second kappa shape index (κ2) is 17.2. The number of rotatable bonds is 17. The molecule has 39 heavy (non-hydrogen) atoms. The van der Waals surface area contributed by atoms with Gasteiger partial charge in [-0.05, 0) is 60.7 Å². The van der Waals surface area contributed by atoms with Crippen LogP contribution in [-0.2, 0) is 4.74 Å². The van der Waals surface area contributed by atoms with E-state index < -0.39 is 6.16 Å². The van der Waals surface area contributed by atoms with E-state index in [0.717, 1.165) is 61.2 Å². The second-order valence-electron chi connectivity index (χ2n) is 10.0. The van der Waals surface area contributed by atoms with Gasteiger partial charge in [-0.15, -0.1) is 0 Å². The largest absolute Gasteiger partial charge is 0.513 e. The van der Waals surface area contributed by atoms with Crippen LogP contribution in [0.5, 0.6) is 11.5 Å². The van der Waals surface area contributed by atoms with Gasteiger partial charge in [-0.25, -0.2) is 14.8 Å². The lowest BCUT2D eigenvalue weighted by atomic mass is 10.0. The Balaban J connectivity index is 1.46. The number of hydrogen-bond acceptors (Lipinski definition) is 6. The molecular weight excluding hydrogens is 488 g/mol. The van der Waals surface area contributed by atoms with Crippen LogP contribution in [0.4, 0.5) is 4.79 Å². The van der Waals surface area contributed by atoms with Crippen LogP contribution in [-0.4, -0.2) is 29.3 Å². The molecular formula is C33H44N2O4. The molecule has 0 aliphatic carbocycles. The normalized spacial score (nSPS) is 11.7. The van der Waals surface area contributed by atoms with E-state index in [2.05, 4.69) is 30.7 Å². The molecule has 0 saturated carbocycles. The van der Waals surface area contributed by atoms with Gasteiger partial charge in [0, 0.05) is 23.5 Å². The maximum absolute atomic E-state index is 12.1. The smallest absolute Gasteiger partial charge is 0.494 e. The summed E-state index contributed by atoms with van der Waals surface area (Å²) in [6, 6.07) is 15.2. The number of ether oxygens (including phenoxy) is 3. The van der Waals surface area contributed by atoms with Gasteiger partial charge in [0.05, 0.1) is 13.2 Å². The van der Waals surface area contributed by atoms with Crippen molar-refractivity contribution in [3.63, 3.8) is 0 Å². The average Bonchev–Trinajstić information content (AvgIpc) is 2.98. The Morgan fingerprint density at radius 3 is 2.00 bits per heavy atom. The minimum atomic E-state index is -0.669. The van der Waals surface area contributed by atoms with Crippen LogP contribution in [0.1, 0.15) is 85.0 Å². The molecule has 0 aliphatic heterocycles. The Morgan fingerprint density at radius 2 is 1.33 bits per heavy atom. The zero-order valence-corrected chi connectivity index (χ0v) is 23.9. The minimum Gasteiger partial charge on any atom is -0.494 e. The van der Waals surface area contributed by atoms with Gasteiger partial charge in [-0.1, -0.05) is 84.3 Å². The van der Waals surface area contributed by atoms with Gasteiger partial charge in [-0.3, -0.25) is 0 Å². The van der Waals surface area contributed by atoms with Crippen molar-refractivity contribution in [1.82, 2.24) is 9.97 Å². The van der Waals surface area contributed by atoms with Crippen molar-refractivity contribution >= 4 is 6.16 Å². The quantitative estimate of drug-likeness (QED) is 0.0980. The summed E-state index contributed by atoms with van der Waals surface area (Å²) in [6.45, 7) is 7.67. The first-order valence-corrected chi connectivity index (χ1v) is 14.6. The highest BCUT2D eigenvalue weighted by Gasteiger charge is 2.12. The average molecular weight is 533 g/mol. The molecule has 6 heteroatoms. The molecule has 2 aromatic carbocycles. The van der Waals surface area contributed by atoms with Crippen LogP contribution in [0.25, 0.3) is 22.5 Å². The Bertz CT molecular complexity index is 1080. The van der Waals surface area contributed by atoms with Gasteiger partial charge >= 0.3 is 6.16 Å². The Hall–Kier alpha value is -3.41. The van der Waals surface area contributed by atoms with Crippen molar-refractivity contribution < 1.29 is 19.0 Å². The highest BCUT2D eigenvalue weighted by atomic mass is 16.7. The van der Waals surface area contributed by atoms with Crippen LogP contribution in [0.2, 0.25) is 0 Å². The molecule has 0 fully saturated rings. The standard InChI is InChI=1S/C33H44N2O4/c1-4-7-9-10-11-12-22-37-30-18-14-27(15-19-30)29-23-34-32(35-24-29)28-16-20-31(21-17-28)39-33(36)38-25-26(6-3)13-8-5-2/h14-21,23-24,26H,4-13,22,25H2,1-3H3. The Kier molecular flexibility index (Phi) is 13.3. The fraction of sp³-hybridized carbons (Fsp3) is 0.485. The summed E-state index contributed by atoms with van der Waals surface area (Å²) < 4.78 is 16.5. The third-order valence-corrected chi connectivity index (χ3v) is 6.90. The van der Waals surface area contributed by atoms with E-state index in [1.165, 1.54) is 32.1 Å². The van der Waals surface area contributed by atoms with E-state index >= 15 is 0 Å². The third-order valence-electron chi connectivity index (χ3n) is 6.90. The molecule has 0 saturated heterocycles. The zero-order valence-electron chi connectivity index (χ0n) is 23.9. The van der Waals surface area contributed by atoms with E-state index in [0.29, 0.717) is 24.1 Å². The lowest BCUT2D eigenvalue weighted by Crippen LogP contribution is -2.16. The molecule has 0 bridgehead atoms. The first-order chi connectivity index (χ1) is 19.1. The predicted molar refractivity (Wildman–Crippen MR) is 157 cm³/mol. The Labute approximate surface area is 234 Å². The summed E-state index contributed by atoms with van der Waals surface area (Å²) in [5, 5.41) is 0. The van der Waals surface area contributed by atoms with Gasteiger partial charge in [0.25, 0.3) is 0 Å². The summed E-state index contributed by atoms with van der Waals surface area (Å²) in [4.78, 5) is 21.2. The van der Waals surface area contributed by atoms with Crippen LogP contribution in [0, 0.1) is 5.92 Å². The number of carbonyl (C=O) groups is 1. The van der Waals surface area contributed by atoms with E-state index in [4.69, 9.17) is 14.2 Å². The van der Waals surface area contributed by atoms with Gasteiger partial charge < -0.3 is 14.2 Å². The van der Waals surface area contributed by atoms with Crippen molar-refractivity contribution in [2.24, 2.45) is 5.92 Å². The zero-order chi connectivity index (χ0) is 27.7. The van der Waals surface area contributed by atoms with Crippen LogP contribution < -0.4 is 9.47 Å². The molecule has 1 aromatic heterocycles. The number of hydrogen-bond donors (Lipinski definition) is 0. The Morgan fingerprint density at radius 1 is 0.718 bits per heavy atom. The van der Waals surface area contributed by atoms with E-state index in [-0.39, 0.29) is 0 Å². The molecule has 1 unspecified atom stereocenters. The molecule has 1 atom stereocenters. The molecule has 1 heterocycles. The van der Waals surface area contributed by atoms with E-state index in [9.17, 15) is 4.79 Å². The number of unbranched alkanes of at least 4 members (excludes halogenated alkanes) is 6. The molecule has 0 radical (unpaired) electrons. The van der Waals surface area contributed by atoms with Crippen LogP contribution in [0.15, 0.2) is 60.9 Å². The summed E-state index contributed by atoms with van der Waals surface area (Å²) >= 11 is 0. The topological polar surface area (TPSA) is 70.5 Å². The fourth-order valence-electron chi connectivity index (χ4n) is 4.32. The van der Waals surface area contributed by atoms with Crippen molar-refractivity contribution in [1.29, 1.82) is 0 Å². The molecule has 6 nitrogen and oxygen atoms in total. The van der Waals surface area contributed by atoms with Crippen LogP contribution >= 0.6 is 0 Å². The predicted octanol–water partition coefficient (Wildman–Crippen LogP) is 9.28. The van der Waals surface area contributed by atoms with Crippen molar-refractivity contribution in [3.8, 4) is 34.0 Å². The lowest BCUT2D eigenvalue weighted by Gasteiger charge is -2.14. The number of nitrogens with zero attached hydrogens (tertiary/aromatic N) is 2. The van der Waals surface area contributed by atoms with Gasteiger partial charge in [0.15, 0.2) is 5.82 Å². The number of carbonyl (C=O) groups excluding carboxylic acids is 1. The summed E-state index contributed by atoms with van der Waals surface area (Å²) in [5.41, 5.74) is 2.82. The number of benzene rings is 2. The summed E-state index contributed by atoms with van der Waals surface area (Å²) in [5.74, 6) is 2.30. The summed E-state index contributed by atoms with van der Waals surface area (Å²) in [6.07, 6.45) is 14.8. The van der Waals surface area contributed by atoms with E-state index in [1.54, 1.807) is 12.1 Å². The molecule has 0 aliphatic rings. The lowest BCUT2D eigenvalue weighted by molar-refractivity contribution is 0.0812. The number of aromatic nitrogens is 2. The molecule has 0 amide bonds. The highest BCUT2D eigenvalue weighted by molar-refractivity contribution is 5.66. The maximum Gasteiger partial charge on any atom is 0.513 e. The SMILES string of the molecule is CCCCCCCCOc1ccc(-c2cnc(-c3ccc(OC(=O)OCC(CC)CCCC)cc3)nc2)cc1. The second-order valence-corrected chi connectivity index (χ2v) is 10.0. The first kappa shape index (κ1) is 30.1. The maximum atomic E-state index is 12.1. The van der Waals surface area contributed by atoms with Gasteiger partial charge in [0.2, 0.25) is 0 Å². The molecule has 210 valence electrons. The fourth-order valence-corrected chi connectivity index (χ4v) is 4.32. The summed E-state index contributed by atoms with van der Waals surface area (Å²) in [7, 11) is 0. The van der Waals surface area contributed by atoms with Crippen LogP contribution in [0.3, 0.4) is 0 Å². The van der Waals surface area contributed by atoms with E-state index in [1.807, 2.05) is 48.8 Å². The molecule has 3 rings (SSSR count). The van der Waals surface area contributed by atoms with Crippen molar-refractivity contribution in [3.05, 3.63) is 60.9 Å². The van der Waals surface area contributed by atoms with Gasteiger partial charge in [0.1, 0.15) is 11.5 Å². The highest BCUT2D eigenvalue weighted by Crippen LogP contribution is 2.24. The molecule has 3 aromatic rings. The monoisotopic (exact) mass is 532 g/mol. The van der Waals surface area contributed by atoms with Crippen molar-refractivity contribution in [2.75, 3.05) is 13.2 Å². The van der Waals surface area contributed by atoms with Gasteiger partial charge in [-0.2, -0.15) is 0 Å². The molecule has 0 N–H and O–H groups in total. The minimum absolute atomic E-state index is 0.376. The first-order valence-electron chi connectivity index (χ1n) is 14.6. The van der Waals surface area contributed by atoms with Crippen molar-refractivity contribution in [2.45, 2.75) is 85.0 Å². The third kappa shape index (κ3) is 10.7.